The number of hydrogen-bond acceptors (Lipinski definition) is 6. The predicted octanol–water partition coefficient (Wildman–Crippen LogP) is 1.98. The van der Waals surface area contributed by atoms with Crippen LogP contribution in [-0.2, 0) is 20.9 Å². The molecule has 3 aliphatic rings. The van der Waals surface area contributed by atoms with E-state index in [4.69, 9.17) is 19.2 Å². The van der Waals surface area contributed by atoms with E-state index in [-0.39, 0.29) is 17.9 Å². The first-order chi connectivity index (χ1) is 14.1. The van der Waals surface area contributed by atoms with Crippen LogP contribution in [0.25, 0.3) is 0 Å². The number of aryl methyl sites for hydroxylation is 1. The van der Waals surface area contributed by atoms with Crippen molar-refractivity contribution in [3.05, 3.63) is 17.5 Å². The van der Waals surface area contributed by atoms with Gasteiger partial charge >= 0.3 is 12.1 Å². The van der Waals surface area contributed by atoms with Crippen LogP contribution in [0.2, 0.25) is 0 Å². The maximum atomic E-state index is 12.6. The van der Waals surface area contributed by atoms with Gasteiger partial charge in [-0.2, -0.15) is 13.2 Å². The molecule has 2 N–H and O–H groups in total. The van der Waals surface area contributed by atoms with E-state index >= 15 is 0 Å². The summed E-state index contributed by atoms with van der Waals surface area (Å²) in [5.74, 6) is -0.614. The Bertz CT molecular complexity index is 750. The molecular weight excluding hydrogens is 407 g/mol. The summed E-state index contributed by atoms with van der Waals surface area (Å²) in [6.07, 6.45) is -1.38. The van der Waals surface area contributed by atoms with Crippen LogP contribution in [0.3, 0.4) is 0 Å². The zero-order valence-corrected chi connectivity index (χ0v) is 16.7. The second-order valence-corrected chi connectivity index (χ2v) is 8.08. The number of hydrogen-bond donors (Lipinski definition) is 2. The van der Waals surface area contributed by atoms with E-state index < -0.39 is 12.1 Å². The van der Waals surface area contributed by atoms with Crippen molar-refractivity contribution in [1.29, 1.82) is 0 Å². The van der Waals surface area contributed by atoms with Crippen LogP contribution in [0, 0.1) is 24.7 Å². The Morgan fingerprint density at radius 3 is 2.57 bits per heavy atom. The van der Waals surface area contributed by atoms with E-state index in [0.717, 1.165) is 50.7 Å². The number of amides is 1. The molecule has 0 unspecified atom stereocenters. The lowest BCUT2D eigenvalue weighted by Crippen LogP contribution is -2.52. The smallest absolute Gasteiger partial charge is 0.475 e. The van der Waals surface area contributed by atoms with Crippen molar-refractivity contribution in [2.24, 2.45) is 17.8 Å². The number of rotatable bonds is 5. The summed E-state index contributed by atoms with van der Waals surface area (Å²) in [7, 11) is 0. The van der Waals surface area contributed by atoms with Crippen LogP contribution in [0.5, 0.6) is 0 Å². The average molecular weight is 433 g/mol. The zero-order valence-electron chi connectivity index (χ0n) is 16.7. The molecule has 0 bridgehead atoms. The van der Waals surface area contributed by atoms with Crippen molar-refractivity contribution in [2.45, 2.75) is 45.0 Å². The number of carbonyl (C=O) groups is 2. The van der Waals surface area contributed by atoms with Gasteiger partial charge in [-0.05, 0) is 32.1 Å². The molecule has 3 fully saturated rings. The van der Waals surface area contributed by atoms with Gasteiger partial charge in [-0.1, -0.05) is 5.16 Å². The minimum absolute atomic E-state index is 0.0306. The van der Waals surface area contributed by atoms with Gasteiger partial charge < -0.3 is 19.7 Å². The van der Waals surface area contributed by atoms with Crippen LogP contribution >= 0.6 is 0 Å². The molecule has 11 heteroatoms. The van der Waals surface area contributed by atoms with Crippen LogP contribution in [0.4, 0.5) is 13.2 Å². The van der Waals surface area contributed by atoms with Crippen LogP contribution in [0.15, 0.2) is 10.6 Å². The molecule has 1 saturated carbocycles. The minimum atomic E-state index is -5.08. The van der Waals surface area contributed by atoms with E-state index in [2.05, 4.69) is 15.4 Å². The number of ether oxygens (including phenoxy) is 1. The summed E-state index contributed by atoms with van der Waals surface area (Å²) >= 11 is 0. The van der Waals surface area contributed by atoms with Crippen molar-refractivity contribution in [3.63, 3.8) is 0 Å². The zero-order chi connectivity index (χ0) is 21.9. The maximum Gasteiger partial charge on any atom is 0.490 e. The first kappa shape index (κ1) is 22.5. The van der Waals surface area contributed by atoms with Gasteiger partial charge in [-0.15, -0.1) is 0 Å². The highest BCUT2D eigenvalue weighted by atomic mass is 19.4. The molecule has 0 spiro atoms. The number of piperidine rings is 1. The molecule has 1 aromatic rings. The molecule has 3 heterocycles. The molecule has 0 radical (unpaired) electrons. The lowest BCUT2D eigenvalue weighted by Gasteiger charge is -2.39. The van der Waals surface area contributed by atoms with Crippen LogP contribution < -0.4 is 5.32 Å². The third-order valence-corrected chi connectivity index (χ3v) is 5.57. The molecule has 0 aromatic carbocycles. The van der Waals surface area contributed by atoms with E-state index in [1.54, 1.807) is 0 Å². The Balaban J connectivity index is 0.000000318. The minimum Gasteiger partial charge on any atom is -0.475 e. The SMILES string of the molecule is Cc1cc(CN2C[C@H](C(=O)NCC3CC3)[C@@H]3CCO[C@@H]3C2)no1.O=C(O)C(F)(F)F. The molecule has 30 heavy (non-hydrogen) atoms. The summed E-state index contributed by atoms with van der Waals surface area (Å²) in [6.45, 7) is 5.90. The van der Waals surface area contributed by atoms with E-state index in [1.807, 2.05) is 13.0 Å². The highest BCUT2D eigenvalue weighted by Crippen LogP contribution is 2.35. The quantitative estimate of drug-likeness (QED) is 0.732. The van der Waals surface area contributed by atoms with Gasteiger partial charge in [0, 0.05) is 44.8 Å². The van der Waals surface area contributed by atoms with Crippen molar-refractivity contribution in [1.82, 2.24) is 15.4 Å². The number of likely N-dealkylation sites (tertiary alicyclic amines) is 1. The normalized spacial score (nSPS) is 26.5. The monoisotopic (exact) mass is 433 g/mol. The van der Waals surface area contributed by atoms with Crippen LogP contribution in [0.1, 0.15) is 30.7 Å². The summed E-state index contributed by atoms with van der Waals surface area (Å²) in [4.78, 5) is 23.8. The second kappa shape index (κ2) is 9.34. The topological polar surface area (TPSA) is 105 Å². The molecular formula is C19H26F3N3O5. The fourth-order valence-corrected chi connectivity index (χ4v) is 3.88. The number of alkyl halides is 3. The van der Waals surface area contributed by atoms with Gasteiger partial charge in [0.2, 0.25) is 5.91 Å². The lowest BCUT2D eigenvalue weighted by atomic mass is 9.82. The predicted molar refractivity (Wildman–Crippen MR) is 97.3 cm³/mol. The molecule has 3 atom stereocenters. The first-order valence-corrected chi connectivity index (χ1v) is 9.97. The van der Waals surface area contributed by atoms with Gasteiger partial charge in [0.1, 0.15) is 5.76 Å². The van der Waals surface area contributed by atoms with Gasteiger partial charge in [0.25, 0.3) is 0 Å². The summed E-state index contributed by atoms with van der Waals surface area (Å²) < 4.78 is 42.8. The molecule has 2 aliphatic heterocycles. The number of aromatic nitrogens is 1. The molecule has 1 aromatic heterocycles. The van der Waals surface area contributed by atoms with Gasteiger partial charge in [-0.25, -0.2) is 4.79 Å². The highest BCUT2D eigenvalue weighted by molar-refractivity contribution is 5.79. The molecule has 1 aliphatic carbocycles. The summed E-state index contributed by atoms with van der Waals surface area (Å²) in [5.41, 5.74) is 0.927. The fraction of sp³-hybridized carbons (Fsp3) is 0.737. The molecule has 8 nitrogen and oxygen atoms in total. The fourth-order valence-electron chi connectivity index (χ4n) is 3.88. The number of aliphatic carboxylic acids is 1. The maximum absolute atomic E-state index is 12.6. The Labute approximate surface area is 171 Å². The Morgan fingerprint density at radius 1 is 1.30 bits per heavy atom. The van der Waals surface area contributed by atoms with Gasteiger partial charge in [0.15, 0.2) is 0 Å². The number of fused-ring (bicyclic) bond motifs is 1. The van der Waals surface area contributed by atoms with E-state index in [1.165, 1.54) is 12.8 Å². The van der Waals surface area contributed by atoms with Gasteiger partial charge in [-0.3, -0.25) is 9.69 Å². The third kappa shape index (κ3) is 6.18. The number of nitrogens with zero attached hydrogens (tertiary/aromatic N) is 2. The largest absolute Gasteiger partial charge is 0.490 e. The number of carbonyl (C=O) groups excluding carboxylic acids is 1. The number of halogens is 3. The molecule has 2 saturated heterocycles. The number of carboxylic acids is 1. The molecule has 4 rings (SSSR count). The third-order valence-electron chi connectivity index (χ3n) is 5.57. The van der Waals surface area contributed by atoms with Crippen molar-refractivity contribution in [3.8, 4) is 0 Å². The van der Waals surface area contributed by atoms with E-state index in [9.17, 15) is 18.0 Å². The highest BCUT2D eigenvalue weighted by Gasteiger charge is 2.44. The Kier molecular flexibility index (Phi) is 7.02. The van der Waals surface area contributed by atoms with Crippen LogP contribution in [-0.4, -0.2) is 65.6 Å². The number of nitrogens with one attached hydrogen (secondary N) is 1. The van der Waals surface area contributed by atoms with E-state index in [0.29, 0.717) is 11.8 Å². The Morgan fingerprint density at radius 2 is 2.00 bits per heavy atom. The van der Waals surface area contributed by atoms with Gasteiger partial charge in [0.05, 0.1) is 17.7 Å². The standard InChI is InChI=1S/C17H25N3O3.C2HF3O2/c1-11-6-13(19-23-11)8-20-9-15(14-4-5-22-16(14)10-20)17(21)18-7-12-2-3-12;3-2(4,5)1(6)7/h6,12,14-16H,2-5,7-10H2,1H3,(H,18,21);(H,6,7)/t14-,15-,16+;/m0./s1. The van der Waals surface area contributed by atoms with Crippen molar-refractivity contribution < 1.29 is 37.1 Å². The first-order valence-electron chi connectivity index (χ1n) is 9.97. The van der Waals surface area contributed by atoms with Crippen molar-refractivity contribution in [2.75, 3.05) is 26.2 Å². The van der Waals surface area contributed by atoms with Crippen molar-refractivity contribution >= 4 is 11.9 Å². The number of carboxylic acid groups (broad SMARTS) is 1. The summed E-state index contributed by atoms with van der Waals surface area (Å²) in [6, 6.07) is 1.96. The lowest BCUT2D eigenvalue weighted by molar-refractivity contribution is -0.192. The Hall–Kier alpha value is -2.14. The average Bonchev–Trinajstić information content (AvgIpc) is 3.23. The molecule has 168 valence electrons. The molecule has 1 amide bonds. The summed E-state index contributed by atoms with van der Waals surface area (Å²) in [5, 5.41) is 14.4. The second-order valence-electron chi connectivity index (χ2n) is 8.08.